The third-order valence-electron chi connectivity index (χ3n) is 11.5. The van der Waals surface area contributed by atoms with E-state index in [-0.39, 0.29) is 5.41 Å². The van der Waals surface area contributed by atoms with E-state index in [1.807, 2.05) is 0 Å². The molecule has 0 fully saturated rings. The molecule has 0 atom stereocenters. The molecular formula is C52H33N. The summed E-state index contributed by atoms with van der Waals surface area (Å²) in [5, 5.41) is 2.44. The first-order valence-corrected chi connectivity index (χ1v) is 18.4. The fraction of sp³-hybridized carbons (Fsp3) is 0.0192. The highest BCUT2D eigenvalue weighted by Gasteiger charge is 2.51. The molecule has 1 spiro atoms. The molecule has 1 heteroatoms. The molecule has 246 valence electrons. The largest absolute Gasteiger partial charge is 0.248 e. The Morgan fingerprint density at radius 3 is 1.40 bits per heavy atom. The third kappa shape index (κ3) is 4.47. The van der Waals surface area contributed by atoms with E-state index in [1.165, 1.54) is 72.0 Å². The van der Waals surface area contributed by atoms with Crippen LogP contribution in [0.1, 0.15) is 22.3 Å². The van der Waals surface area contributed by atoms with Crippen LogP contribution in [0.5, 0.6) is 0 Å². The summed E-state index contributed by atoms with van der Waals surface area (Å²) in [5.74, 6) is 0. The first-order valence-electron chi connectivity index (χ1n) is 18.4. The van der Waals surface area contributed by atoms with Crippen LogP contribution in [0.3, 0.4) is 0 Å². The Labute approximate surface area is 309 Å². The Kier molecular flexibility index (Phi) is 6.53. The summed E-state index contributed by atoms with van der Waals surface area (Å²) in [6.07, 6.45) is 0. The van der Waals surface area contributed by atoms with Gasteiger partial charge in [0.1, 0.15) is 0 Å². The van der Waals surface area contributed by atoms with Crippen molar-refractivity contribution in [2.24, 2.45) is 0 Å². The van der Waals surface area contributed by atoms with Crippen LogP contribution < -0.4 is 0 Å². The minimum atomic E-state index is -0.389. The molecule has 0 saturated carbocycles. The van der Waals surface area contributed by atoms with Crippen LogP contribution in [0, 0.1) is 0 Å². The summed E-state index contributed by atoms with van der Waals surface area (Å²) < 4.78 is 0. The number of nitrogens with zero attached hydrogens (tertiary/aromatic N) is 1. The van der Waals surface area contributed by atoms with Gasteiger partial charge < -0.3 is 0 Å². The SMILES string of the molecule is c1ccc(-c2ccc(-c3cc(-c4ccc5c(c4)C4(c6ccccc6-c6ccccc64)c4ccccc4-5)cc(-c4ccc5ccccc5c4)n3)cc2)cc1. The van der Waals surface area contributed by atoms with E-state index in [0.717, 1.165) is 28.1 Å². The van der Waals surface area contributed by atoms with Gasteiger partial charge in [-0.2, -0.15) is 0 Å². The molecule has 0 unspecified atom stereocenters. The third-order valence-corrected chi connectivity index (χ3v) is 11.5. The molecule has 0 radical (unpaired) electrons. The van der Waals surface area contributed by atoms with Gasteiger partial charge in [0.05, 0.1) is 16.8 Å². The van der Waals surface area contributed by atoms with Crippen molar-refractivity contribution >= 4 is 10.8 Å². The first-order chi connectivity index (χ1) is 26.3. The highest BCUT2D eigenvalue weighted by Crippen LogP contribution is 2.63. The van der Waals surface area contributed by atoms with Gasteiger partial charge in [-0.3, -0.25) is 0 Å². The Hall–Kier alpha value is -6.83. The summed E-state index contributed by atoms with van der Waals surface area (Å²) in [7, 11) is 0. The van der Waals surface area contributed by atoms with Gasteiger partial charge in [0.15, 0.2) is 0 Å². The van der Waals surface area contributed by atoms with Crippen LogP contribution in [0.15, 0.2) is 200 Å². The lowest BCUT2D eigenvalue weighted by molar-refractivity contribution is 0.794. The van der Waals surface area contributed by atoms with Gasteiger partial charge in [-0.25, -0.2) is 4.98 Å². The van der Waals surface area contributed by atoms with E-state index in [1.54, 1.807) is 0 Å². The fourth-order valence-electron chi connectivity index (χ4n) is 9.08. The van der Waals surface area contributed by atoms with E-state index < -0.39 is 0 Å². The highest BCUT2D eigenvalue weighted by atomic mass is 14.7. The molecule has 1 heterocycles. The number of fused-ring (bicyclic) bond motifs is 11. The van der Waals surface area contributed by atoms with Crippen LogP contribution in [0.4, 0.5) is 0 Å². The standard InChI is InChI=1S/C52H33N/c1-2-12-34(13-3-1)36-22-25-37(26-23-36)50-32-41(33-51(53-50)40-27-24-35-14-4-5-15-38(35)30-40)39-28-29-45-44-18-8-11-21-48(44)52(49(45)31-39)46-19-9-6-16-42(46)43-17-7-10-20-47(43)52/h1-33H. The van der Waals surface area contributed by atoms with Crippen molar-refractivity contribution in [1.29, 1.82) is 0 Å². The molecule has 1 nitrogen and oxygen atoms in total. The summed E-state index contributed by atoms with van der Waals surface area (Å²) in [4.78, 5) is 5.34. The van der Waals surface area contributed by atoms with Crippen LogP contribution in [0.2, 0.25) is 0 Å². The molecule has 0 saturated heterocycles. The number of rotatable bonds is 4. The maximum absolute atomic E-state index is 5.34. The number of hydrogen-bond donors (Lipinski definition) is 0. The quantitative estimate of drug-likeness (QED) is 0.181. The molecule has 1 aromatic heterocycles. The number of benzene rings is 8. The van der Waals surface area contributed by atoms with Gasteiger partial charge in [0, 0.05) is 11.1 Å². The summed E-state index contributed by atoms with van der Waals surface area (Å²) in [6, 6.07) is 73.3. The molecule has 11 rings (SSSR count). The number of aromatic nitrogens is 1. The average Bonchev–Trinajstić information content (AvgIpc) is 3.71. The maximum atomic E-state index is 5.34. The Morgan fingerprint density at radius 1 is 0.264 bits per heavy atom. The lowest BCUT2D eigenvalue weighted by Gasteiger charge is -2.30. The predicted octanol–water partition coefficient (Wildman–Crippen LogP) is 13.2. The van der Waals surface area contributed by atoms with Gasteiger partial charge in [-0.05, 0) is 102 Å². The van der Waals surface area contributed by atoms with E-state index >= 15 is 0 Å². The first kappa shape index (κ1) is 29.9. The van der Waals surface area contributed by atoms with E-state index in [9.17, 15) is 0 Å². The maximum Gasteiger partial charge on any atom is 0.0725 e. The van der Waals surface area contributed by atoms with Crippen molar-refractivity contribution in [2.45, 2.75) is 5.41 Å². The van der Waals surface area contributed by atoms with Crippen molar-refractivity contribution in [2.75, 3.05) is 0 Å². The monoisotopic (exact) mass is 671 g/mol. The number of pyridine rings is 1. The Balaban J connectivity index is 1.13. The van der Waals surface area contributed by atoms with Gasteiger partial charge in [0.25, 0.3) is 0 Å². The topological polar surface area (TPSA) is 12.9 Å². The summed E-state index contributed by atoms with van der Waals surface area (Å²) in [5.41, 5.74) is 19.1. The van der Waals surface area contributed by atoms with E-state index in [2.05, 4.69) is 200 Å². The minimum absolute atomic E-state index is 0.389. The van der Waals surface area contributed by atoms with Gasteiger partial charge in [-0.15, -0.1) is 0 Å². The van der Waals surface area contributed by atoms with Crippen molar-refractivity contribution in [3.63, 3.8) is 0 Å². The van der Waals surface area contributed by atoms with E-state index in [0.29, 0.717) is 0 Å². The predicted molar refractivity (Wildman–Crippen MR) is 220 cm³/mol. The molecule has 0 aliphatic heterocycles. The van der Waals surface area contributed by atoms with Crippen LogP contribution in [-0.4, -0.2) is 4.98 Å². The van der Waals surface area contributed by atoms with Crippen molar-refractivity contribution < 1.29 is 0 Å². The van der Waals surface area contributed by atoms with Gasteiger partial charge in [0.2, 0.25) is 0 Å². The van der Waals surface area contributed by atoms with Crippen LogP contribution >= 0.6 is 0 Å². The van der Waals surface area contributed by atoms with Crippen molar-refractivity contribution in [3.05, 3.63) is 222 Å². The highest BCUT2D eigenvalue weighted by molar-refractivity contribution is 5.96. The molecule has 53 heavy (non-hydrogen) atoms. The fourth-order valence-corrected chi connectivity index (χ4v) is 9.08. The molecule has 2 aliphatic rings. The van der Waals surface area contributed by atoms with Crippen LogP contribution in [-0.2, 0) is 5.41 Å². The molecule has 0 N–H and O–H groups in total. The number of hydrogen-bond acceptors (Lipinski definition) is 1. The Bertz CT molecular complexity index is 2820. The van der Waals surface area contributed by atoms with Crippen molar-refractivity contribution in [1.82, 2.24) is 4.98 Å². The zero-order valence-corrected chi connectivity index (χ0v) is 29.0. The molecule has 2 aliphatic carbocycles. The van der Waals surface area contributed by atoms with E-state index in [4.69, 9.17) is 4.98 Å². The average molecular weight is 672 g/mol. The zero-order valence-electron chi connectivity index (χ0n) is 29.0. The minimum Gasteiger partial charge on any atom is -0.248 e. The molecule has 8 aromatic carbocycles. The Morgan fingerprint density at radius 2 is 0.736 bits per heavy atom. The van der Waals surface area contributed by atoms with Crippen molar-refractivity contribution in [3.8, 4) is 67.0 Å². The molecule has 9 aromatic rings. The second-order valence-corrected chi connectivity index (χ2v) is 14.3. The normalized spacial score (nSPS) is 13.1. The second-order valence-electron chi connectivity index (χ2n) is 14.3. The lowest BCUT2D eigenvalue weighted by atomic mass is 9.70. The smallest absolute Gasteiger partial charge is 0.0725 e. The van der Waals surface area contributed by atoms with Crippen LogP contribution in [0.25, 0.3) is 77.8 Å². The molecule has 0 amide bonds. The second kappa shape index (κ2) is 11.6. The molecule has 0 bridgehead atoms. The van der Waals surface area contributed by atoms with Gasteiger partial charge in [-0.1, -0.05) is 176 Å². The molecular weight excluding hydrogens is 639 g/mol. The summed E-state index contributed by atoms with van der Waals surface area (Å²) in [6.45, 7) is 0. The lowest BCUT2D eigenvalue weighted by Crippen LogP contribution is -2.25. The zero-order chi connectivity index (χ0) is 34.9. The van der Waals surface area contributed by atoms with Gasteiger partial charge >= 0.3 is 0 Å². The summed E-state index contributed by atoms with van der Waals surface area (Å²) >= 11 is 0.